The number of fused-ring (bicyclic) bond motifs is 15. The average molecular weight is 859 g/mol. The van der Waals surface area contributed by atoms with Gasteiger partial charge in [0.25, 0.3) is 0 Å². The zero-order valence-electron chi connectivity index (χ0n) is 34.8. The van der Waals surface area contributed by atoms with E-state index in [1.165, 1.54) is 28.9 Å². The van der Waals surface area contributed by atoms with Gasteiger partial charge in [-0.05, 0) is 96.6 Å². The third-order valence-corrected chi connectivity index (χ3v) is 12.1. The second kappa shape index (κ2) is 15.2. The summed E-state index contributed by atoms with van der Waals surface area (Å²) >= 11 is 0. The van der Waals surface area contributed by atoms with Gasteiger partial charge in [0.15, 0.2) is 0 Å². The van der Waals surface area contributed by atoms with Crippen LogP contribution in [0.2, 0.25) is 0 Å². The van der Waals surface area contributed by atoms with E-state index < -0.39 is 17.2 Å². The Morgan fingerprint density at radius 3 is 1.30 bits per heavy atom. The van der Waals surface area contributed by atoms with Gasteiger partial charge in [0.2, 0.25) is 11.6 Å². The lowest BCUT2D eigenvalue weighted by molar-refractivity contribution is 0.577. The molecule has 6 heterocycles. The number of benzene rings is 8. The van der Waals surface area contributed by atoms with Gasteiger partial charge in [-0.15, -0.1) is 0 Å². The quantitative estimate of drug-likeness (QED) is 0.172. The van der Waals surface area contributed by atoms with Crippen molar-refractivity contribution in [2.24, 2.45) is 0 Å². The molecule has 0 atom stereocenters. The van der Waals surface area contributed by atoms with Crippen molar-refractivity contribution in [3.63, 3.8) is 0 Å². The molecule has 0 amide bonds. The Balaban J connectivity index is 0.000000142. The van der Waals surface area contributed by atoms with E-state index in [4.69, 9.17) is 15.2 Å². The highest BCUT2D eigenvalue weighted by atomic mass is 19.1. The van der Waals surface area contributed by atoms with Crippen molar-refractivity contribution in [2.45, 2.75) is 6.42 Å². The van der Waals surface area contributed by atoms with Crippen LogP contribution in [0.3, 0.4) is 0 Å². The first kappa shape index (κ1) is 38.3. The predicted molar refractivity (Wildman–Crippen MR) is 252 cm³/mol. The molecule has 0 radical (unpaired) electrons. The first-order chi connectivity index (χ1) is 32.5. The Bertz CT molecular complexity index is 3980. The van der Waals surface area contributed by atoms with Gasteiger partial charge >= 0.3 is 0 Å². The number of rotatable bonds is 2. The molecule has 13 aromatic rings. The Labute approximate surface area is 373 Å². The van der Waals surface area contributed by atoms with Gasteiger partial charge in [0.05, 0.1) is 72.2 Å². The van der Waals surface area contributed by atoms with E-state index in [1.807, 2.05) is 84.9 Å². The maximum Gasteiger partial charge on any atom is 0.220 e. The van der Waals surface area contributed by atoms with Crippen LogP contribution in [0.15, 0.2) is 182 Å². The summed E-state index contributed by atoms with van der Waals surface area (Å²) in [5, 5.41) is 18.9. The van der Waals surface area contributed by atoms with Gasteiger partial charge in [-0.1, -0.05) is 91.0 Å². The van der Waals surface area contributed by atoms with Gasteiger partial charge in [0.1, 0.15) is 40.7 Å². The largest absolute Gasteiger partial charge is 0.296 e. The predicted octanol–water partition coefficient (Wildman–Crippen LogP) is 11.8. The molecule has 0 spiro atoms. The number of imidazole rings is 5. The van der Waals surface area contributed by atoms with Crippen LogP contribution in [0.25, 0.3) is 83.8 Å². The summed E-state index contributed by atoms with van der Waals surface area (Å²) in [6.07, 6.45) is 0.949. The summed E-state index contributed by atoms with van der Waals surface area (Å²) in [5.41, 5.74) is 14.4. The molecule has 0 saturated heterocycles. The fourth-order valence-corrected chi connectivity index (χ4v) is 9.31. The van der Waals surface area contributed by atoms with Crippen LogP contribution in [-0.4, -0.2) is 37.5 Å². The number of hydrogen-bond acceptors (Lipinski definition) is 5. The molecule has 5 aromatic heterocycles. The topological polar surface area (TPSA) is 110 Å². The smallest absolute Gasteiger partial charge is 0.220 e. The van der Waals surface area contributed by atoms with E-state index in [1.54, 1.807) is 0 Å². The summed E-state index contributed by atoms with van der Waals surface area (Å²) in [7, 11) is 0. The van der Waals surface area contributed by atoms with E-state index in [-0.39, 0.29) is 0 Å². The van der Waals surface area contributed by atoms with Gasteiger partial charge in [-0.2, -0.15) is 10.5 Å². The highest BCUT2D eigenvalue weighted by Crippen LogP contribution is 2.36. The fourth-order valence-electron chi connectivity index (χ4n) is 9.31. The van der Waals surface area contributed by atoms with Crippen LogP contribution >= 0.6 is 0 Å². The molecule has 12 heteroatoms. The third-order valence-electron chi connectivity index (χ3n) is 12.1. The summed E-state index contributed by atoms with van der Waals surface area (Å²) in [6, 6.07) is 62.8. The maximum atomic E-state index is 12.4. The van der Waals surface area contributed by atoms with Crippen molar-refractivity contribution < 1.29 is 8.78 Å². The van der Waals surface area contributed by atoms with Crippen molar-refractivity contribution in [2.75, 3.05) is 0 Å². The molecule has 1 aliphatic heterocycles. The Hall–Kier alpha value is -9.39. The molecule has 1 aliphatic rings. The number of halogens is 2. The minimum Gasteiger partial charge on any atom is -0.296 e. The summed E-state index contributed by atoms with van der Waals surface area (Å²) in [6.45, 7) is 0. The highest BCUT2D eigenvalue weighted by molar-refractivity contribution is 5.95. The van der Waals surface area contributed by atoms with Gasteiger partial charge in [0, 0.05) is 6.42 Å². The monoisotopic (exact) mass is 858 g/mol. The van der Waals surface area contributed by atoms with Crippen LogP contribution < -0.4 is 0 Å². The zero-order chi connectivity index (χ0) is 44.5. The van der Waals surface area contributed by atoms with E-state index >= 15 is 0 Å². The molecular weight excluding hydrogens is 827 g/mol. The molecule has 0 unspecified atom stereocenters. The highest BCUT2D eigenvalue weighted by Gasteiger charge is 2.24. The summed E-state index contributed by atoms with van der Waals surface area (Å²) in [4.78, 5) is 14.7. The SMILES string of the molecule is N#Cc1c(-n2c3ccccc3n3c4ccccc4nc23)cccc1-n1c2ccccc2n2c3ccccc3nc12.N#Cc1c(F)cccc1F.c1ccc2c(c1)Cc1nc3ccccc3n1-2. The van der Waals surface area contributed by atoms with Gasteiger partial charge in [-0.3, -0.25) is 22.5 Å². The first-order valence-corrected chi connectivity index (χ1v) is 21.2. The minimum atomic E-state index is -0.817. The normalized spacial score (nSPS) is 11.7. The number of nitrogens with zero attached hydrogens (tertiary/aromatic N) is 10. The standard InChI is InChI=1S/C33H19N7.C14H10N2.C7H3F2N/c34-20-21-24(37-28-14-5-7-16-30(28)39-26-12-3-1-10-22(26)35-32(37)39)18-9-19-25(21)38-29-15-6-8-17-31(29)40-27-13-4-2-11-23(27)36-33(38)40;1-3-7-12-10(5-1)9-14-15-11-6-2-4-8-13(11)16(12)14;8-6-2-1-3-7(9)5(6)4-10/h1-19H;1-8H,9H2;1-3H. The fraction of sp³-hybridized carbons (Fsp3) is 0.0185. The van der Waals surface area contributed by atoms with Crippen molar-refractivity contribution in [3.8, 4) is 29.2 Å². The number of nitriles is 2. The second-order valence-electron chi connectivity index (χ2n) is 15.8. The molecule has 0 saturated carbocycles. The van der Waals surface area contributed by atoms with E-state index in [9.17, 15) is 14.0 Å². The van der Waals surface area contributed by atoms with Crippen molar-refractivity contribution in [1.82, 2.24) is 37.5 Å². The van der Waals surface area contributed by atoms with Crippen molar-refractivity contribution in [3.05, 3.63) is 216 Å². The Morgan fingerprint density at radius 2 is 0.788 bits per heavy atom. The lowest BCUT2D eigenvalue weighted by Gasteiger charge is -2.13. The Morgan fingerprint density at radius 1 is 0.379 bits per heavy atom. The lowest BCUT2D eigenvalue weighted by Crippen LogP contribution is -2.04. The molecule has 0 bridgehead atoms. The molecule has 0 fully saturated rings. The molecule has 14 rings (SSSR count). The minimum absolute atomic E-state index is 0.525. The maximum absolute atomic E-state index is 12.4. The average Bonchev–Trinajstić information content (AvgIpc) is 4.19. The molecule has 312 valence electrons. The summed E-state index contributed by atoms with van der Waals surface area (Å²) < 4.78 is 35.6. The summed E-state index contributed by atoms with van der Waals surface area (Å²) in [5.74, 6) is 1.06. The molecule has 0 aliphatic carbocycles. The van der Waals surface area contributed by atoms with Crippen LogP contribution in [0.4, 0.5) is 8.78 Å². The molecule has 10 nitrogen and oxygen atoms in total. The number of aromatic nitrogens is 8. The second-order valence-corrected chi connectivity index (χ2v) is 15.8. The third kappa shape index (κ3) is 5.79. The molecule has 8 aromatic carbocycles. The molecular formula is C54H32F2N10. The molecule has 66 heavy (non-hydrogen) atoms. The first-order valence-electron chi connectivity index (χ1n) is 21.2. The zero-order valence-corrected chi connectivity index (χ0v) is 34.8. The van der Waals surface area contributed by atoms with Crippen LogP contribution in [0, 0.1) is 34.3 Å². The van der Waals surface area contributed by atoms with Crippen molar-refractivity contribution in [1.29, 1.82) is 10.5 Å². The van der Waals surface area contributed by atoms with Crippen LogP contribution in [-0.2, 0) is 6.42 Å². The number of para-hydroxylation sites is 11. The number of hydrogen-bond donors (Lipinski definition) is 0. The Kier molecular flexibility index (Phi) is 8.79. The van der Waals surface area contributed by atoms with Crippen LogP contribution in [0.5, 0.6) is 0 Å². The van der Waals surface area contributed by atoms with Crippen molar-refractivity contribution >= 4 is 66.7 Å². The van der Waals surface area contributed by atoms with E-state index in [0.29, 0.717) is 5.56 Å². The van der Waals surface area contributed by atoms with E-state index in [2.05, 4.69) is 112 Å². The van der Waals surface area contributed by atoms with Crippen LogP contribution in [0.1, 0.15) is 22.5 Å². The lowest BCUT2D eigenvalue weighted by atomic mass is 10.1. The van der Waals surface area contributed by atoms with Gasteiger partial charge in [-0.25, -0.2) is 23.7 Å². The van der Waals surface area contributed by atoms with E-state index in [0.717, 1.165) is 97.0 Å². The molecule has 0 N–H and O–H groups in total. The van der Waals surface area contributed by atoms with Gasteiger partial charge < -0.3 is 0 Å².